The number of unbranched alkanes of at least 4 members (excludes halogenated alkanes) is 10. The highest BCUT2D eigenvalue weighted by Crippen LogP contribution is 2.55. The SMILES string of the molecule is CCCCCCCCC1(CCCCCCCC)c2cc(C)ccc2-c2ccc(-c3ccc(COc4cc(OCc5ccc(C)cc5)cc(C(=O)c5ccc[nH]5)c4)cc3)cc21. The van der Waals surface area contributed by atoms with Gasteiger partial charge in [-0.3, -0.25) is 4.79 Å². The minimum atomic E-state index is -0.106. The number of aromatic nitrogens is 1. The first-order valence-electron chi connectivity index (χ1n) is 22.9. The summed E-state index contributed by atoms with van der Waals surface area (Å²) in [6.07, 6.45) is 20.0. The largest absolute Gasteiger partial charge is 0.489 e. The van der Waals surface area contributed by atoms with E-state index in [9.17, 15) is 4.79 Å². The number of ether oxygens (including phenoxy) is 2. The van der Waals surface area contributed by atoms with E-state index in [0.29, 0.717) is 36.0 Å². The van der Waals surface area contributed by atoms with Gasteiger partial charge in [-0.1, -0.05) is 181 Å². The molecule has 0 fully saturated rings. The Hall–Kier alpha value is -5.35. The van der Waals surface area contributed by atoms with E-state index >= 15 is 0 Å². The molecule has 1 aliphatic carbocycles. The van der Waals surface area contributed by atoms with E-state index in [2.05, 4.69) is 118 Å². The van der Waals surface area contributed by atoms with Crippen molar-refractivity contribution in [2.24, 2.45) is 0 Å². The number of carbonyl (C=O) groups is 1. The van der Waals surface area contributed by atoms with Crippen molar-refractivity contribution >= 4 is 5.78 Å². The molecule has 4 nitrogen and oxygen atoms in total. The number of aromatic amines is 1. The Balaban J connectivity index is 1.11. The van der Waals surface area contributed by atoms with Gasteiger partial charge in [0.15, 0.2) is 0 Å². The highest BCUT2D eigenvalue weighted by atomic mass is 16.5. The molecule has 0 aliphatic heterocycles. The van der Waals surface area contributed by atoms with Gasteiger partial charge in [0.2, 0.25) is 5.78 Å². The van der Waals surface area contributed by atoms with Gasteiger partial charge < -0.3 is 14.5 Å². The third-order valence-electron chi connectivity index (χ3n) is 12.6. The minimum absolute atomic E-state index is 0.0511. The van der Waals surface area contributed by atoms with Crippen molar-refractivity contribution in [1.29, 1.82) is 0 Å². The molecular formula is C56H65NO3. The molecule has 312 valence electrons. The molecule has 0 spiro atoms. The third kappa shape index (κ3) is 10.5. The molecule has 0 unspecified atom stereocenters. The number of fused-ring (bicyclic) bond motifs is 3. The lowest BCUT2D eigenvalue weighted by Crippen LogP contribution is -2.25. The minimum Gasteiger partial charge on any atom is -0.489 e. The summed E-state index contributed by atoms with van der Waals surface area (Å²) < 4.78 is 12.6. The van der Waals surface area contributed by atoms with Gasteiger partial charge in [-0.15, -0.1) is 0 Å². The number of aryl methyl sites for hydroxylation is 2. The van der Waals surface area contributed by atoms with E-state index in [1.807, 2.05) is 18.2 Å². The van der Waals surface area contributed by atoms with Crippen molar-refractivity contribution in [2.45, 2.75) is 136 Å². The number of H-pyrrole nitrogens is 1. The lowest BCUT2D eigenvalue weighted by molar-refractivity contribution is 0.103. The topological polar surface area (TPSA) is 51.3 Å². The molecule has 1 heterocycles. The Morgan fingerprint density at radius 2 is 1.05 bits per heavy atom. The monoisotopic (exact) mass is 799 g/mol. The van der Waals surface area contributed by atoms with Crippen LogP contribution in [0.3, 0.4) is 0 Å². The van der Waals surface area contributed by atoms with Crippen molar-refractivity contribution < 1.29 is 14.3 Å². The van der Waals surface area contributed by atoms with Crippen molar-refractivity contribution in [3.8, 4) is 33.8 Å². The smallest absolute Gasteiger partial charge is 0.209 e. The number of benzene rings is 5. The van der Waals surface area contributed by atoms with Crippen LogP contribution in [0.4, 0.5) is 0 Å². The highest BCUT2D eigenvalue weighted by Gasteiger charge is 2.42. The van der Waals surface area contributed by atoms with Crippen LogP contribution in [0.25, 0.3) is 22.3 Å². The fraction of sp³-hybridized carbons (Fsp3) is 0.375. The number of hydrogen-bond acceptors (Lipinski definition) is 3. The second kappa shape index (κ2) is 20.8. The molecule has 1 aliphatic rings. The van der Waals surface area contributed by atoms with Crippen LogP contribution in [0.1, 0.15) is 153 Å². The van der Waals surface area contributed by atoms with Gasteiger partial charge in [-0.2, -0.15) is 0 Å². The van der Waals surface area contributed by atoms with Crippen LogP contribution in [-0.4, -0.2) is 10.8 Å². The van der Waals surface area contributed by atoms with Crippen molar-refractivity contribution in [3.63, 3.8) is 0 Å². The molecule has 0 saturated carbocycles. The van der Waals surface area contributed by atoms with Crippen molar-refractivity contribution in [2.75, 3.05) is 0 Å². The summed E-state index contributed by atoms with van der Waals surface area (Å²) >= 11 is 0. The summed E-state index contributed by atoms with van der Waals surface area (Å²) in [5, 5.41) is 0. The molecule has 0 bridgehead atoms. The second-order valence-electron chi connectivity index (χ2n) is 17.3. The summed E-state index contributed by atoms with van der Waals surface area (Å²) in [6.45, 7) is 9.71. The molecule has 0 radical (unpaired) electrons. The van der Waals surface area contributed by atoms with Crippen LogP contribution in [0, 0.1) is 13.8 Å². The average Bonchev–Trinajstić information content (AvgIpc) is 3.90. The second-order valence-corrected chi connectivity index (χ2v) is 17.3. The predicted octanol–water partition coefficient (Wildman–Crippen LogP) is 15.5. The Labute approximate surface area is 359 Å². The van der Waals surface area contributed by atoms with Gasteiger partial charge in [0.1, 0.15) is 24.7 Å². The van der Waals surface area contributed by atoms with Gasteiger partial charge in [0, 0.05) is 23.2 Å². The highest BCUT2D eigenvalue weighted by molar-refractivity contribution is 6.08. The quantitative estimate of drug-likeness (QED) is 0.0519. The molecule has 7 rings (SSSR count). The predicted molar refractivity (Wildman–Crippen MR) is 249 cm³/mol. The van der Waals surface area contributed by atoms with E-state index in [1.165, 1.54) is 129 Å². The van der Waals surface area contributed by atoms with Crippen LogP contribution in [0.15, 0.2) is 121 Å². The van der Waals surface area contributed by atoms with Gasteiger partial charge >= 0.3 is 0 Å². The number of rotatable bonds is 23. The van der Waals surface area contributed by atoms with Crippen LogP contribution in [0.5, 0.6) is 11.5 Å². The van der Waals surface area contributed by atoms with E-state index in [-0.39, 0.29) is 11.2 Å². The Morgan fingerprint density at radius 1 is 0.533 bits per heavy atom. The summed E-state index contributed by atoms with van der Waals surface area (Å²) in [4.78, 5) is 16.5. The molecule has 1 aromatic heterocycles. The van der Waals surface area contributed by atoms with Gasteiger partial charge in [0.05, 0.1) is 5.69 Å². The molecule has 4 heteroatoms. The molecule has 60 heavy (non-hydrogen) atoms. The van der Waals surface area contributed by atoms with Crippen LogP contribution in [0.2, 0.25) is 0 Å². The van der Waals surface area contributed by atoms with Gasteiger partial charge in [-0.25, -0.2) is 0 Å². The summed E-state index contributed by atoms with van der Waals surface area (Å²) in [5.74, 6) is 1.08. The Morgan fingerprint density at radius 3 is 1.63 bits per heavy atom. The summed E-state index contributed by atoms with van der Waals surface area (Å²) in [6, 6.07) is 40.7. The van der Waals surface area contributed by atoms with Crippen LogP contribution in [-0.2, 0) is 18.6 Å². The van der Waals surface area contributed by atoms with E-state index in [1.54, 1.807) is 23.9 Å². The van der Waals surface area contributed by atoms with E-state index < -0.39 is 0 Å². The maximum Gasteiger partial charge on any atom is 0.209 e. The normalized spacial score (nSPS) is 12.6. The fourth-order valence-electron chi connectivity index (χ4n) is 9.17. The standard InChI is InChI=1S/C56H65NO3/c1-5-7-9-11-13-15-31-56(32-16-14-12-10-8-6-2)52-34-42(4)21-29-50(52)51-30-28-46(37-53(51)56)45-26-24-44(25-27-45)40-60-49-36-47(55(58)54-18-17-33-57-54)35-48(38-49)59-39-43-22-19-41(3)20-23-43/h17-30,33-38,57H,5-16,31-32,39-40H2,1-4H3. The first-order valence-corrected chi connectivity index (χ1v) is 22.9. The first-order chi connectivity index (χ1) is 29.4. The number of nitrogens with one attached hydrogen (secondary N) is 1. The third-order valence-corrected chi connectivity index (χ3v) is 12.6. The molecule has 0 saturated heterocycles. The lowest BCUT2D eigenvalue weighted by atomic mass is 9.70. The summed E-state index contributed by atoms with van der Waals surface area (Å²) in [5.41, 5.74) is 14.2. The maximum absolute atomic E-state index is 13.4. The zero-order valence-electron chi connectivity index (χ0n) is 36.6. The van der Waals surface area contributed by atoms with Gasteiger partial charge in [0.25, 0.3) is 0 Å². The Kier molecular flexibility index (Phi) is 14.8. The van der Waals surface area contributed by atoms with Crippen LogP contribution < -0.4 is 9.47 Å². The molecule has 0 amide bonds. The average molecular weight is 800 g/mol. The Bertz CT molecular complexity index is 2270. The van der Waals surface area contributed by atoms with Crippen molar-refractivity contribution in [3.05, 3.63) is 166 Å². The molecule has 6 aromatic rings. The van der Waals surface area contributed by atoms with E-state index in [0.717, 1.165) is 11.1 Å². The summed E-state index contributed by atoms with van der Waals surface area (Å²) in [7, 11) is 0. The molecular weight excluding hydrogens is 735 g/mol. The zero-order valence-corrected chi connectivity index (χ0v) is 36.6. The van der Waals surface area contributed by atoms with E-state index in [4.69, 9.17) is 9.47 Å². The number of ketones is 1. The maximum atomic E-state index is 13.4. The zero-order chi connectivity index (χ0) is 41.7. The first kappa shape index (κ1) is 42.8. The lowest BCUT2D eigenvalue weighted by Gasteiger charge is -2.33. The molecule has 5 aromatic carbocycles. The van der Waals surface area contributed by atoms with Crippen molar-refractivity contribution in [1.82, 2.24) is 4.98 Å². The number of hydrogen-bond donors (Lipinski definition) is 1. The number of carbonyl (C=O) groups excluding carboxylic acids is 1. The molecule has 0 atom stereocenters. The van der Waals surface area contributed by atoms with Crippen LogP contribution >= 0.6 is 0 Å². The van der Waals surface area contributed by atoms with Gasteiger partial charge in [-0.05, 0) is 102 Å². The fourth-order valence-corrected chi connectivity index (χ4v) is 9.17. The molecule has 1 N–H and O–H groups in total.